The van der Waals surface area contributed by atoms with Crippen molar-refractivity contribution in [3.63, 3.8) is 0 Å². The van der Waals surface area contributed by atoms with E-state index in [1.807, 2.05) is 35.4 Å². The summed E-state index contributed by atoms with van der Waals surface area (Å²) in [6.45, 7) is 0. The molecule has 2 aromatic rings. The number of nitrogens with zero attached hydrogens (tertiary/aromatic N) is 1. The summed E-state index contributed by atoms with van der Waals surface area (Å²) in [6, 6.07) is 13.6. The molecule has 5 heteroatoms. The first kappa shape index (κ1) is 18.3. The predicted molar refractivity (Wildman–Crippen MR) is 103 cm³/mol. The van der Waals surface area contributed by atoms with Gasteiger partial charge >= 0.3 is 0 Å². The molecule has 136 valence electrons. The van der Waals surface area contributed by atoms with Crippen LogP contribution in [0.2, 0.25) is 5.02 Å². The number of ether oxygens (including phenoxy) is 2. The molecular formula is C21H22ClNO3. The third kappa shape index (κ3) is 3.86. The second-order valence-electron chi connectivity index (χ2n) is 6.16. The molecule has 1 aliphatic heterocycles. The SMILES string of the molecule is COc1cc(Cl)c(CC(=O)N2C=CCC[C@H]2c2ccccc2)cc1OC. The second-order valence-corrected chi connectivity index (χ2v) is 6.57. The summed E-state index contributed by atoms with van der Waals surface area (Å²) < 4.78 is 10.6. The number of hydrogen-bond acceptors (Lipinski definition) is 3. The Morgan fingerprint density at radius 1 is 1.15 bits per heavy atom. The van der Waals surface area contributed by atoms with E-state index in [1.165, 1.54) is 0 Å². The molecule has 0 aliphatic carbocycles. The second kappa shape index (κ2) is 8.28. The number of carbonyl (C=O) groups is 1. The fraction of sp³-hybridized carbons (Fsp3) is 0.286. The molecule has 0 saturated carbocycles. The van der Waals surface area contributed by atoms with E-state index in [9.17, 15) is 4.79 Å². The minimum absolute atomic E-state index is 0.00363. The van der Waals surface area contributed by atoms with Gasteiger partial charge in [-0.2, -0.15) is 0 Å². The van der Waals surface area contributed by atoms with Crippen molar-refractivity contribution < 1.29 is 14.3 Å². The van der Waals surface area contributed by atoms with E-state index in [0.29, 0.717) is 16.5 Å². The zero-order valence-electron chi connectivity index (χ0n) is 14.9. The molecule has 0 bridgehead atoms. The Kier molecular flexibility index (Phi) is 5.84. The highest BCUT2D eigenvalue weighted by Gasteiger charge is 2.26. The fourth-order valence-corrected chi connectivity index (χ4v) is 3.45. The first-order valence-electron chi connectivity index (χ1n) is 8.57. The lowest BCUT2D eigenvalue weighted by Crippen LogP contribution is -2.33. The first-order valence-corrected chi connectivity index (χ1v) is 8.95. The van der Waals surface area contributed by atoms with Gasteiger partial charge in [0, 0.05) is 17.3 Å². The summed E-state index contributed by atoms with van der Waals surface area (Å²) in [4.78, 5) is 14.8. The molecule has 4 nitrogen and oxygen atoms in total. The Hall–Kier alpha value is -2.46. The molecule has 0 aromatic heterocycles. The Bertz CT molecular complexity index is 804. The average molecular weight is 372 g/mol. The van der Waals surface area contributed by atoms with Gasteiger partial charge in [0.05, 0.1) is 26.7 Å². The van der Waals surface area contributed by atoms with Crippen LogP contribution in [-0.4, -0.2) is 25.0 Å². The number of amides is 1. The van der Waals surface area contributed by atoms with Gasteiger partial charge in [0.25, 0.3) is 0 Å². The quantitative estimate of drug-likeness (QED) is 0.759. The summed E-state index contributed by atoms with van der Waals surface area (Å²) in [5.74, 6) is 1.12. The molecule has 0 spiro atoms. The van der Waals surface area contributed by atoms with E-state index in [2.05, 4.69) is 12.1 Å². The smallest absolute Gasteiger partial charge is 0.231 e. The van der Waals surface area contributed by atoms with Crippen LogP contribution in [0.1, 0.15) is 30.0 Å². The highest BCUT2D eigenvalue weighted by Crippen LogP contribution is 2.35. The van der Waals surface area contributed by atoms with Gasteiger partial charge in [-0.1, -0.05) is 48.0 Å². The van der Waals surface area contributed by atoms with Crippen molar-refractivity contribution in [3.05, 3.63) is 70.9 Å². The Morgan fingerprint density at radius 3 is 2.54 bits per heavy atom. The van der Waals surface area contributed by atoms with Gasteiger partial charge in [-0.15, -0.1) is 0 Å². The highest BCUT2D eigenvalue weighted by molar-refractivity contribution is 6.31. The van der Waals surface area contributed by atoms with Gasteiger partial charge in [0.2, 0.25) is 5.91 Å². The van der Waals surface area contributed by atoms with Crippen LogP contribution in [0.15, 0.2) is 54.7 Å². The van der Waals surface area contributed by atoms with Crippen LogP contribution in [0.5, 0.6) is 11.5 Å². The summed E-state index contributed by atoms with van der Waals surface area (Å²) in [7, 11) is 3.12. The van der Waals surface area contributed by atoms with Gasteiger partial charge in [-0.05, 0) is 30.0 Å². The Balaban J connectivity index is 1.84. The molecule has 0 saturated heterocycles. The molecular weight excluding hydrogens is 350 g/mol. The van der Waals surface area contributed by atoms with Crippen molar-refractivity contribution in [2.45, 2.75) is 25.3 Å². The normalized spacial score (nSPS) is 16.4. The van der Waals surface area contributed by atoms with Crippen molar-refractivity contribution in [2.75, 3.05) is 14.2 Å². The molecule has 26 heavy (non-hydrogen) atoms. The largest absolute Gasteiger partial charge is 0.493 e. The lowest BCUT2D eigenvalue weighted by Gasteiger charge is -2.32. The molecule has 1 heterocycles. The van der Waals surface area contributed by atoms with Crippen LogP contribution in [0, 0.1) is 0 Å². The van der Waals surface area contributed by atoms with Crippen LogP contribution < -0.4 is 9.47 Å². The van der Waals surface area contributed by atoms with E-state index in [4.69, 9.17) is 21.1 Å². The van der Waals surface area contributed by atoms with Crippen LogP contribution >= 0.6 is 11.6 Å². The van der Waals surface area contributed by atoms with Gasteiger partial charge in [0.1, 0.15) is 0 Å². The summed E-state index contributed by atoms with van der Waals surface area (Å²) in [6.07, 6.45) is 5.99. The minimum Gasteiger partial charge on any atom is -0.493 e. The van der Waals surface area contributed by atoms with Crippen molar-refractivity contribution >= 4 is 17.5 Å². The van der Waals surface area contributed by atoms with Crippen LogP contribution in [0.3, 0.4) is 0 Å². The lowest BCUT2D eigenvalue weighted by atomic mass is 9.97. The number of rotatable bonds is 5. The van der Waals surface area contributed by atoms with Gasteiger partial charge in [-0.25, -0.2) is 0 Å². The van der Waals surface area contributed by atoms with Crippen LogP contribution in [0.4, 0.5) is 0 Å². The third-order valence-corrected chi connectivity index (χ3v) is 4.93. The number of benzene rings is 2. The summed E-state index contributed by atoms with van der Waals surface area (Å²) in [5.41, 5.74) is 1.86. The standard InChI is InChI=1S/C21H22ClNO3/c1-25-19-12-16(17(22)14-20(19)26-2)13-21(24)23-11-7-6-10-18(23)15-8-4-3-5-9-15/h3-5,7-9,11-12,14,18H,6,10,13H2,1-2H3/t18-/m0/s1. The zero-order chi connectivity index (χ0) is 18.5. The molecule has 1 atom stereocenters. The van der Waals surface area contributed by atoms with Crippen molar-refractivity contribution in [1.29, 1.82) is 0 Å². The maximum Gasteiger partial charge on any atom is 0.231 e. The fourth-order valence-electron chi connectivity index (χ4n) is 3.23. The van der Waals surface area contributed by atoms with Gasteiger partial charge < -0.3 is 14.4 Å². The van der Waals surface area contributed by atoms with E-state index >= 15 is 0 Å². The van der Waals surface area contributed by atoms with E-state index < -0.39 is 0 Å². The van der Waals surface area contributed by atoms with Gasteiger partial charge in [0.15, 0.2) is 11.5 Å². The number of allylic oxidation sites excluding steroid dienone is 1. The number of halogens is 1. The third-order valence-electron chi connectivity index (χ3n) is 4.58. The van der Waals surface area contributed by atoms with Crippen molar-refractivity contribution in [1.82, 2.24) is 4.90 Å². The maximum absolute atomic E-state index is 13.0. The zero-order valence-corrected chi connectivity index (χ0v) is 15.7. The summed E-state index contributed by atoms with van der Waals surface area (Å²) >= 11 is 6.35. The summed E-state index contributed by atoms with van der Waals surface area (Å²) in [5, 5.41) is 0.494. The molecule has 1 aliphatic rings. The number of hydrogen-bond donors (Lipinski definition) is 0. The monoisotopic (exact) mass is 371 g/mol. The molecule has 2 aromatic carbocycles. The Labute approximate surface area is 159 Å². The van der Waals surface area contributed by atoms with E-state index in [-0.39, 0.29) is 18.4 Å². The number of carbonyl (C=O) groups excluding carboxylic acids is 1. The average Bonchev–Trinajstić information content (AvgIpc) is 2.69. The molecule has 0 unspecified atom stereocenters. The minimum atomic E-state index is 0.00363. The topological polar surface area (TPSA) is 38.8 Å². The Morgan fingerprint density at radius 2 is 1.85 bits per heavy atom. The van der Waals surface area contributed by atoms with Crippen molar-refractivity contribution in [2.24, 2.45) is 0 Å². The van der Waals surface area contributed by atoms with Crippen molar-refractivity contribution in [3.8, 4) is 11.5 Å². The van der Waals surface area contributed by atoms with Gasteiger partial charge in [-0.3, -0.25) is 4.79 Å². The highest BCUT2D eigenvalue weighted by atomic mass is 35.5. The maximum atomic E-state index is 13.0. The van der Waals surface area contributed by atoms with Crippen LogP contribution in [0.25, 0.3) is 0 Å². The molecule has 3 rings (SSSR count). The molecule has 0 fully saturated rings. The lowest BCUT2D eigenvalue weighted by molar-refractivity contribution is -0.130. The molecule has 1 amide bonds. The van der Waals surface area contributed by atoms with Crippen LogP contribution in [-0.2, 0) is 11.2 Å². The van der Waals surface area contributed by atoms with E-state index in [1.54, 1.807) is 26.4 Å². The molecule has 0 N–H and O–H groups in total. The van der Waals surface area contributed by atoms with E-state index in [0.717, 1.165) is 24.0 Å². The molecule has 0 radical (unpaired) electrons. The predicted octanol–water partition coefficient (Wildman–Crippen LogP) is 4.78. The first-order chi connectivity index (χ1) is 12.6. The number of methoxy groups -OCH3 is 2.